The van der Waals surface area contributed by atoms with Crippen LogP contribution in [0.2, 0.25) is 0 Å². The molecule has 26 heavy (non-hydrogen) atoms. The van der Waals surface area contributed by atoms with Crippen molar-refractivity contribution < 1.29 is 9.53 Å². The molecule has 0 aliphatic rings. The predicted octanol–water partition coefficient (Wildman–Crippen LogP) is 3.09. The van der Waals surface area contributed by atoms with Gasteiger partial charge in [0.1, 0.15) is 5.75 Å². The number of rotatable bonds is 8. The minimum absolute atomic E-state index is 0.283. The zero-order chi connectivity index (χ0) is 18.9. The maximum absolute atomic E-state index is 12.1. The molecular formula is C20H26N4O2. The molecule has 1 heterocycles. The van der Waals surface area contributed by atoms with Gasteiger partial charge in [-0.3, -0.25) is 14.7 Å². The first-order valence-corrected chi connectivity index (χ1v) is 8.73. The predicted molar refractivity (Wildman–Crippen MR) is 104 cm³/mol. The van der Waals surface area contributed by atoms with E-state index in [0.717, 1.165) is 42.2 Å². The Morgan fingerprint density at radius 1 is 1.23 bits per heavy atom. The smallest absolute Gasteiger partial charge is 0.272 e. The first kappa shape index (κ1) is 19.6. The number of amides is 1. The van der Waals surface area contributed by atoms with Crippen molar-refractivity contribution >= 4 is 11.6 Å². The van der Waals surface area contributed by atoms with E-state index in [4.69, 9.17) is 4.74 Å². The second-order valence-corrected chi connectivity index (χ2v) is 5.87. The second-order valence-electron chi connectivity index (χ2n) is 5.87. The highest BCUT2D eigenvalue weighted by molar-refractivity contribution is 6.01. The number of benzene rings is 1. The summed E-state index contributed by atoms with van der Waals surface area (Å²) in [6, 6.07) is 9.36. The monoisotopic (exact) mass is 354 g/mol. The van der Waals surface area contributed by atoms with Crippen LogP contribution < -0.4 is 10.2 Å². The Labute approximate surface area is 154 Å². The minimum Gasteiger partial charge on any atom is -0.496 e. The van der Waals surface area contributed by atoms with Gasteiger partial charge >= 0.3 is 0 Å². The van der Waals surface area contributed by atoms with Crippen molar-refractivity contribution in [2.45, 2.75) is 27.3 Å². The molecule has 0 aliphatic heterocycles. The van der Waals surface area contributed by atoms with Gasteiger partial charge in [-0.25, -0.2) is 5.43 Å². The number of pyridine rings is 1. The fourth-order valence-corrected chi connectivity index (χ4v) is 2.58. The average Bonchev–Trinajstić information content (AvgIpc) is 2.70. The van der Waals surface area contributed by atoms with Crippen LogP contribution in [0.5, 0.6) is 5.75 Å². The highest BCUT2D eigenvalue weighted by atomic mass is 16.5. The highest BCUT2D eigenvalue weighted by Crippen LogP contribution is 2.22. The molecule has 138 valence electrons. The first-order valence-electron chi connectivity index (χ1n) is 8.73. The van der Waals surface area contributed by atoms with Crippen LogP contribution in [0.1, 0.15) is 42.3 Å². The van der Waals surface area contributed by atoms with Crippen molar-refractivity contribution in [2.75, 3.05) is 20.2 Å². The molecule has 6 nitrogen and oxygen atoms in total. The average molecular weight is 354 g/mol. The molecular weight excluding hydrogens is 328 g/mol. The summed E-state index contributed by atoms with van der Waals surface area (Å²) in [5.74, 6) is 0.571. The highest BCUT2D eigenvalue weighted by Gasteiger charge is 2.10. The van der Waals surface area contributed by atoms with Crippen molar-refractivity contribution in [2.24, 2.45) is 5.10 Å². The molecule has 0 fully saturated rings. The van der Waals surface area contributed by atoms with Gasteiger partial charge in [0, 0.05) is 24.5 Å². The Kier molecular flexibility index (Phi) is 7.29. The summed E-state index contributed by atoms with van der Waals surface area (Å²) in [4.78, 5) is 18.3. The van der Waals surface area contributed by atoms with Crippen LogP contribution in [0.3, 0.4) is 0 Å². The van der Waals surface area contributed by atoms with E-state index in [1.807, 2.05) is 19.1 Å². The van der Waals surface area contributed by atoms with Gasteiger partial charge < -0.3 is 4.74 Å². The van der Waals surface area contributed by atoms with E-state index in [0.29, 0.717) is 5.56 Å². The zero-order valence-electron chi connectivity index (χ0n) is 15.8. The van der Waals surface area contributed by atoms with E-state index in [-0.39, 0.29) is 5.91 Å². The first-order chi connectivity index (χ1) is 12.6. The van der Waals surface area contributed by atoms with E-state index in [1.54, 1.807) is 25.4 Å². The Bertz CT molecular complexity index is 756. The van der Waals surface area contributed by atoms with E-state index < -0.39 is 0 Å². The van der Waals surface area contributed by atoms with Gasteiger partial charge in [-0.2, -0.15) is 5.10 Å². The lowest BCUT2D eigenvalue weighted by Crippen LogP contribution is -2.22. The van der Waals surface area contributed by atoms with Crippen LogP contribution >= 0.6 is 0 Å². The number of nitrogens with one attached hydrogen (secondary N) is 1. The van der Waals surface area contributed by atoms with E-state index >= 15 is 0 Å². The van der Waals surface area contributed by atoms with Crippen LogP contribution in [-0.2, 0) is 6.54 Å². The summed E-state index contributed by atoms with van der Waals surface area (Å²) < 4.78 is 5.48. The lowest BCUT2D eigenvalue weighted by atomic mass is 10.1. The van der Waals surface area contributed by atoms with Crippen LogP contribution in [0.4, 0.5) is 0 Å². The number of methoxy groups -OCH3 is 1. The van der Waals surface area contributed by atoms with Gasteiger partial charge in [-0.05, 0) is 55.9 Å². The number of hydrazone groups is 1. The van der Waals surface area contributed by atoms with Crippen LogP contribution in [0.15, 0.2) is 47.8 Å². The molecule has 1 aromatic heterocycles. The molecule has 0 unspecified atom stereocenters. The maximum atomic E-state index is 12.1. The lowest BCUT2D eigenvalue weighted by Gasteiger charge is -2.20. The minimum atomic E-state index is -0.283. The third-order valence-electron chi connectivity index (χ3n) is 4.24. The van der Waals surface area contributed by atoms with Gasteiger partial charge in [-0.15, -0.1) is 0 Å². The third kappa shape index (κ3) is 5.13. The molecule has 0 aliphatic carbocycles. The molecule has 1 amide bonds. The van der Waals surface area contributed by atoms with E-state index in [9.17, 15) is 4.79 Å². The number of hydrogen-bond donors (Lipinski definition) is 1. The van der Waals surface area contributed by atoms with Gasteiger partial charge in [0.2, 0.25) is 0 Å². The van der Waals surface area contributed by atoms with Crippen LogP contribution in [-0.4, -0.2) is 41.7 Å². The normalized spacial score (nSPS) is 11.5. The third-order valence-corrected chi connectivity index (χ3v) is 4.24. The molecule has 0 bridgehead atoms. The zero-order valence-corrected chi connectivity index (χ0v) is 15.8. The Morgan fingerprint density at radius 3 is 2.62 bits per heavy atom. The molecule has 0 atom stereocenters. The van der Waals surface area contributed by atoms with Crippen molar-refractivity contribution in [3.8, 4) is 5.75 Å². The summed E-state index contributed by atoms with van der Waals surface area (Å²) in [5, 5.41) is 4.22. The second kappa shape index (κ2) is 9.68. The quantitative estimate of drug-likeness (QED) is 0.584. The van der Waals surface area contributed by atoms with Crippen molar-refractivity contribution in [1.29, 1.82) is 0 Å². The van der Waals surface area contributed by atoms with Crippen LogP contribution in [0, 0.1) is 0 Å². The maximum Gasteiger partial charge on any atom is 0.272 e. The summed E-state index contributed by atoms with van der Waals surface area (Å²) in [6.07, 6.45) is 3.13. The number of hydrogen-bond acceptors (Lipinski definition) is 5. The molecule has 2 rings (SSSR count). The summed E-state index contributed by atoms with van der Waals surface area (Å²) in [5.41, 5.74) is 5.82. The lowest BCUT2D eigenvalue weighted by molar-refractivity contribution is 0.0954. The number of nitrogens with zero attached hydrogens (tertiary/aromatic N) is 3. The number of aromatic nitrogens is 1. The number of carbonyl (C=O) groups excluding carboxylic acids is 1. The van der Waals surface area contributed by atoms with Gasteiger partial charge in [0.15, 0.2) is 0 Å². The molecule has 1 N–H and O–H groups in total. The summed E-state index contributed by atoms with van der Waals surface area (Å²) in [6.45, 7) is 8.89. The SMILES string of the molecule is CCN(CC)Cc1cc(/C(C)=N\NC(=O)c2cccnc2)ccc1OC. The molecule has 1 aromatic carbocycles. The van der Waals surface area contributed by atoms with Crippen LogP contribution in [0.25, 0.3) is 0 Å². The molecule has 6 heteroatoms. The molecule has 0 saturated heterocycles. The molecule has 2 aromatic rings. The molecule has 0 saturated carbocycles. The molecule has 0 spiro atoms. The van der Waals surface area contributed by atoms with Gasteiger partial charge in [0.25, 0.3) is 5.91 Å². The topological polar surface area (TPSA) is 66.8 Å². The molecule has 0 radical (unpaired) electrons. The fraction of sp³-hybridized carbons (Fsp3) is 0.350. The Morgan fingerprint density at radius 2 is 2.00 bits per heavy atom. The van der Waals surface area contributed by atoms with Gasteiger partial charge in [0.05, 0.1) is 18.4 Å². The summed E-state index contributed by atoms with van der Waals surface area (Å²) in [7, 11) is 1.68. The van der Waals surface area contributed by atoms with E-state index in [2.05, 4.69) is 40.3 Å². The Hall–Kier alpha value is -2.73. The Balaban J connectivity index is 2.17. The van der Waals surface area contributed by atoms with Gasteiger partial charge in [-0.1, -0.05) is 13.8 Å². The standard InChI is InChI=1S/C20H26N4O2/c1-5-24(6-2)14-18-12-16(9-10-19(18)26-4)15(3)22-23-20(25)17-8-7-11-21-13-17/h7-13H,5-6,14H2,1-4H3,(H,23,25)/b22-15-. The van der Waals surface area contributed by atoms with Crippen molar-refractivity contribution in [1.82, 2.24) is 15.3 Å². The number of carbonyl (C=O) groups is 1. The summed E-state index contributed by atoms with van der Waals surface area (Å²) >= 11 is 0. The van der Waals surface area contributed by atoms with Crippen molar-refractivity contribution in [3.63, 3.8) is 0 Å². The van der Waals surface area contributed by atoms with E-state index in [1.165, 1.54) is 6.20 Å². The van der Waals surface area contributed by atoms with Crippen molar-refractivity contribution in [3.05, 3.63) is 59.4 Å². The number of ether oxygens (including phenoxy) is 1. The largest absolute Gasteiger partial charge is 0.496 e. The fourth-order valence-electron chi connectivity index (χ4n) is 2.58.